The Balaban J connectivity index is 1.78. The average Bonchev–Trinajstić information content (AvgIpc) is 3.29. The first-order valence-electron chi connectivity index (χ1n) is 11.6. The fourth-order valence-corrected chi connectivity index (χ4v) is 5.27. The first kappa shape index (κ1) is 23.1. The summed E-state index contributed by atoms with van der Waals surface area (Å²) in [5, 5.41) is 0.772. The molecule has 4 rings (SSSR count). The van der Waals surface area contributed by atoms with Gasteiger partial charge in [-0.25, -0.2) is 4.98 Å². The Hall–Kier alpha value is -3.02. The highest BCUT2D eigenvalue weighted by molar-refractivity contribution is 7.22. The molecule has 0 spiro atoms. The summed E-state index contributed by atoms with van der Waals surface area (Å²) in [6, 6.07) is 26.4. The molecule has 0 aliphatic carbocycles. The quantitative estimate of drug-likeness (QED) is 0.304. The molecule has 33 heavy (non-hydrogen) atoms. The number of aromatic nitrogens is 1. The number of fused-ring (bicyclic) bond motifs is 1. The summed E-state index contributed by atoms with van der Waals surface area (Å²) in [6.07, 6.45) is 0. The van der Waals surface area contributed by atoms with E-state index in [-0.39, 0.29) is 11.8 Å². The molecule has 0 atom stereocenters. The normalized spacial score (nSPS) is 11.4. The van der Waals surface area contributed by atoms with Gasteiger partial charge in [0.05, 0.1) is 16.1 Å². The van der Waals surface area contributed by atoms with Crippen molar-refractivity contribution >= 4 is 32.6 Å². The van der Waals surface area contributed by atoms with Crippen molar-refractivity contribution in [3.05, 3.63) is 95.6 Å². The van der Waals surface area contributed by atoms with Gasteiger partial charge in [-0.3, -0.25) is 9.69 Å². The van der Waals surface area contributed by atoms with Gasteiger partial charge >= 0.3 is 0 Å². The van der Waals surface area contributed by atoms with E-state index in [1.54, 1.807) is 11.3 Å². The van der Waals surface area contributed by atoms with E-state index in [0.717, 1.165) is 51.7 Å². The van der Waals surface area contributed by atoms with E-state index < -0.39 is 0 Å². The van der Waals surface area contributed by atoms with E-state index in [1.807, 2.05) is 65.6 Å². The Labute approximate surface area is 200 Å². The maximum atomic E-state index is 14.3. The largest absolute Gasteiger partial charge is 0.302 e. The minimum atomic E-state index is -0.378. The summed E-state index contributed by atoms with van der Waals surface area (Å²) < 4.78 is 1.11. The van der Waals surface area contributed by atoms with Crippen molar-refractivity contribution in [3.8, 4) is 0 Å². The maximum absolute atomic E-state index is 14.3. The van der Waals surface area contributed by atoms with Crippen molar-refractivity contribution in [2.45, 2.75) is 26.7 Å². The number of amides is 1. The standard InChI is InChI=1S/C28H31N3OS/c1-4-30(5-2)19-20-31(28-29-26-21(3)13-12-18-24(26)33-28)27(32)25(22-14-8-6-9-15-22)23-16-10-7-11-17-23/h6-18,25H,4-5,19-20H2,1-3H3. The molecule has 1 heterocycles. The number of benzene rings is 3. The van der Waals surface area contributed by atoms with Crippen LogP contribution >= 0.6 is 11.3 Å². The van der Waals surface area contributed by atoms with Gasteiger partial charge in [-0.2, -0.15) is 0 Å². The van der Waals surface area contributed by atoms with Gasteiger partial charge in [-0.1, -0.05) is 98.0 Å². The van der Waals surface area contributed by atoms with Crippen molar-refractivity contribution in [3.63, 3.8) is 0 Å². The summed E-state index contributed by atoms with van der Waals surface area (Å²) in [4.78, 5) is 23.5. The topological polar surface area (TPSA) is 36.4 Å². The number of thiazole rings is 1. The minimum Gasteiger partial charge on any atom is -0.302 e. The molecule has 0 aliphatic heterocycles. The van der Waals surface area contributed by atoms with Gasteiger partial charge in [0, 0.05) is 13.1 Å². The lowest BCUT2D eigenvalue weighted by atomic mass is 9.90. The van der Waals surface area contributed by atoms with Gasteiger partial charge in [0.2, 0.25) is 5.91 Å². The average molecular weight is 458 g/mol. The molecule has 0 fully saturated rings. The molecule has 0 radical (unpaired) electrons. The van der Waals surface area contributed by atoms with Gasteiger partial charge in [-0.15, -0.1) is 0 Å². The first-order valence-corrected chi connectivity index (χ1v) is 12.4. The third-order valence-electron chi connectivity index (χ3n) is 6.15. The van der Waals surface area contributed by atoms with Crippen LogP contribution in [0, 0.1) is 6.92 Å². The first-order chi connectivity index (χ1) is 16.1. The highest BCUT2D eigenvalue weighted by atomic mass is 32.1. The second-order valence-electron chi connectivity index (χ2n) is 8.19. The van der Waals surface area contributed by atoms with Crippen LogP contribution in [0.4, 0.5) is 5.13 Å². The Morgan fingerprint density at radius 3 is 2.00 bits per heavy atom. The lowest BCUT2D eigenvalue weighted by Crippen LogP contribution is -2.41. The maximum Gasteiger partial charge on any atom is 0.240 e. The number of carbonyl (C=O) groups is 1. The molecule has 0 aliphatic rings. The number of hydrogen-bond acceptors (Lipinski definition) is 4. The zero-order chi connectivity index (χ0) is 23.2. The van der Waals surface area contributed by atoms with Crippen LogP contribution in [0.25, 0.3) is 10.2 Å². The van der Waals surface area contributed by atoms with Crippen molar-refractivity contribution in [2.24, 2.45) is 0 Å². The number of likely N-dealkylation sites (N-methyl/N-ethyl adjacent to an activating group) is 1. The minimum absolute atomic E-state index is 0.0660. The summed E-state index contributed by atoms with van der Waals surface area (Å²) >= 11 is 1.60. The number of carbonyl (C=O) groups excluding carboxylic acids is 1. The van der Waals surface area contributed by atoms with Gasteiger partial charge in [-0.05, 0) is 42.8 Å². The van der Waals surface area contributed by atoms with Crippen molar-refractivity contribution < 1.29 is 4.79 Å². The number of rotatable bonds is 9. The predicted octanol–water partition coefficient (Wildman–Crippen LogP) is 6.11. The van der Waals surface area contributed by atoms with Crippen molar-refractivity contribution in [1.82, 2.24) is 9.88 Å². The van der Waals surface area contributed by atoms with Crippen LogP contribution in [0.2, 0.25) is 0 Å². The molecule has 4 nitrogen and oxygen atoms in total. The Morgan fingerprint density at radius 2 is 1.45 bits per heavy atom. The predicted molar refractivity (Wildman–Crippen MR) is 139 cm³/mol. The molecule has 170 valence electrons. The van der Waals surface area contributed by atoms with E-state index in [4.69, 9.17) is 4.98 Å². The molecule has 0 saturated heterocycles. The molecule has 0 unspecified atom stereocenters. The van der Waals surface area contributed by atoms with Gasteiger partial charge < -0.3 is 4.90 Å². The Kier molecular flexibility index (Phi) is 7.53. The zero-order valence-corrected chi connectivity index (χ0v) is 20.4. The lowest BCUT2D eigenvalue weighted by Gasteiger charge is -2.28. The molecule has 3 aromatic carbocycles. The van der Waals surface area contributed by atoms with E-state index in [9.17, 15) is 4.79 Å². The zero-order valence-electron chi connectivity index (χ0n) is 19.6. The third-order valence-corrected chi connectivity index (χ3v) is 7.20. The highest BCUT2D eigenvalue weighted by Crippen LogP contribution is 2.34. The molecule has 4 aromatic rings. The summed E-state index contributed by atoms with van der Waals surface area (Å²) in [6.45, 7) is 9.72. The molecule has 1 amide bonds. The van der Waals surface area contributed by atoms with Crippen LogP contribution in [-0.2, 0) is 4.79 Å². The summed E-state index contributed by atoms with van der Waals surface area (Å²) in [5.41, 5.74) is 4.11. The van der Waals surface area contributed by atoms with E-state index in [0.29, 0.717) is 6.54 Å². The van der Waals surface area contributed by atoms with Crippen LogP contribution in [0.1, 0.15) is 36.5 Å². The molecule has 0 saturated carbocycles. The van der Waals surface area contributed by atoms with Gasteiger partial charge in [0.15, 0.2) is 5.13 Å². The number of anilines is 1. The molecule has 0 N–H and O–H groups in total. The highest BCUT2D eigenvalue weighted by Gasteiger charge is 2.30. The van der Waals surface area contributed by atoms with E-state index in [2.05, 4.69) is 43.9 Å². The number of aryl methyl sites for hydroxylation is 1. The second-order valence-corrected chi connectivity index (χ2v) is 9.20. The molecular weight excluding hydrogens is 426 g/mol. The monoisotopic (exact) mass is 457 g/mol. The number of hydrogen-bond donors (Lipinski definition) is 0. The fraction of sp³-hybridized carbons (Fsp3) is 0.286. The molecule has 0 bridgehead atoms. The van der Waals surface area contributed by atoms with Crippen LogP contribution in [0.3, 0.4) is 0 Å². The molecule has 5 heteroatoms. The molecular formula is C28H31N3OS. The van der Waals surface area contributed by atoms with Crippen LogP contribution in [0.5, 0.6) is 0 Å². The molecule has 1 aromatic heterocycles. The van der Waals surface area contributed by atoms with Crippen LogP contribution in [0.15, 0.2) is 78.9 Å². The SMILES string of the molecule is CCN(CC)CCN(C(=O)C(c1ccccc1)c1ccccc1)c1nc2c(C)cccc2s1. The summed E-state index contributed by atoms with van der Waals surface area (Å²) in [5.74, 6) is -0.312. The third kappa shape index (κ3) is 5.15. The fourth-order valence-electron chi connectivity index (χ4n) is 4.20. The smallest absolute Gasteiger partial charge is 0.240 e. The van der Waals surface area contributed by atoms with Gasteiger partial charge in [0.25, 0.3) is 0 Å². The van der Waals surface area contributed by atoms with Crippen molar-refractivity contribution in [2.75, 3.05) is 31.1 Å². The van der Waals surface area contributed by atoms with Crippen LogP contribution in [-0.4, -0.2) is 42.0 Å². The van der Waals surface area contributed by atoms with E-state index >= 15 is 0 Å². The lowest BCUT2D eigenvalue weighted by molar-refractivity contribution is -0.119. The van der Waals surface area contributed by atoms with E-state index in [1.165, 1.54) is 0 Å². The Bertz CT molecular complexity index is 1150. The van der Waals surface area contributed by atoms with Crippen LogP contribution < -0.4 is 4.90 Å². The number of nitrogens with zero attached hydrogens (tertiary/aromatic N) is 3. The Morgan fingerprint density at radius 1 is 0.848 bits per heavy atom. The number of para-hydroxylation sites is 1. The summed E-state index contributed by atoms with van der Waals surface area (Å²) in [7, 11) is 0. The second kappa shape index (κ2) is 10.7. The van der Waals surface area contributed by atoms with Gasteiger partial charge in [0.1, 0.15) is 0 Å². The van der Waals surface area contributed by atoms with Crippen molar-refractivity contribution in [1.29, 1.82) is 0 Å².